The molecule has 2 saturated heterocycles. The zero-order valence-electron chi connectivity index (χ0n) is 11.1. The van der Waals surface area contributed by atoms with Crippen molar-refractivity contribution < 1.29 is 9.53 Å². The van der Waals surface area contributed by atoms with E-state index in [4.69, 9.17) is 4.74 Å². The molecule has 0 N–H and O–H groups in total. The first-order chi connectivity index (χ1) is 8.55. The molecule has 1 amide bonds. The molecule has 2 aliphatic heterocycles. The van der Waals surface area contributed by atoms with Crippen molar-refractivity contribution in [1.82, 2.24) is 4.90 Å². The SMILES string of the molecule is CC1C(=O)N2C(c3ccccc3)OCC2(C)C1C. The van der Waals surface area contributed by atoms with Crippen molar-refractivity contribution in [3.63, 3.8) is 0 Å². The van der Waals surface area contributed by atoms with Crippen molar-refractivity contribution in [3.8, 4) is 0 Å². The van der Waals surface area contributed by atoms with Gasteiger partial charge in [0.05, 0.1) is 12.1 Å². The first-order valence-electron chi connectivity index (χ1n) is 6.55. The van der Waals surface area contributed by atoms with Gasteiger partial charge in [0.25, 0.3) is 0 Å². The Morgan fingerprint density at radius 1 is 1.28 bits per heavy atom. The molecule has 3 nitrogen and oxygen atoms in total. The van der Waals surface area contributed by atoms with Gasteiger partial charge in [-0.3, -0.25) is 4.79 Å². The van der Waals surface area contributed by atoms with Crippen molar-refractivity contribution in [2.45, 2.75) is 32.5 Å². The molecule has 0 saturated carbocycles. The highest BCUT2D eigenvalue weighted by molar-refractivity contribution is 5.83. The summed E-state index contributed by atoms with van der Waals surface area (Å²) in [5.41, 5.74) is 0.910. The maximum Gasteiger partial charge on any atom is 0.228 e. The van der Waals surface area contributed by atoms with Gasteiger partial charge in [0.2, 0.25) is 5.91 Å². The monoisotopic (exact) mass is 245 g/mol. The highest BCUT2D eigenvalue weighted by Gasteiger charge is 2.58. The van der Waals surface area contributed by atoms with E-state index in [0.717, 1.165) is 5.56 Å². The fourth-order valence-corrected chi connectivity index (χ4v) is 3.21. The molecule has 3 heteroatoms. The minimum Gasteiger partial charge on any atom is -0.351 e. The van der Waals surface area contributed by atoms with Crippen molar-refractivity contribution in [1.29, 1.82) is 0 Å². The van der Waals surface area contributed by atoms with Crippen LogP contribution in [0.4, 0.5) is 0 Å². The largest absolute Gasteiger partial charge is 0.351 e. The minimum absolute atomic E-state index is 0.0881. The summed E-state index contributed by atoms with van der Waals surface area (Å²) < 4.78 is 5.90. The number of carbonyl (C=O) groups is 1. The third-order valence-corrected chi connectivity index (χ3v) is 4.76. The van der Waals surface area contributed by atoms with Crippen LogP contribution in [0.5, 0.6) is 0 Å². The standard InChI is InChI=1S/C15H19NO2/c1-10-11(2)15(3)9-18-14(16(15)13(10)17)12-7-5-4-6-8-12/h4-8,10-11,14H,9H2,1-3H3. The molecule has 1 aromatic rings. The predicted octanol–water partition coefficient (Wildman–Crippen LogP) is 2.59. The quantitative estimate of drug-likeness (QED) is 0.761. The number of nitrogens with zero attached hydrogens (tertiary/aromatic N) is 1. The molecule has 4 atom stereocenters. The van der Waals surface area contributed by atoms with E-state index in [-0.39, 0.29) is 23.6 Å². The van der Waals surface area contributed by atoms with Gasteiger partial charge in [-0.25, -0.2) is 0 Å². The molecule has 0 aliphatic carbocycles. The van der Waals surface area contributed by atoms with Crippen molar-refractivity contribution in [2.75, 3.05) is 6.61 Å². The highest BCUT2D eigenvalue weighted by Crippen LogP contribution is 2.49. The van der Waals surface area contributed by atoms with Gasteiger partial charge in [-0.1, -0.05) is 44.2 Å². The average molecular weight is 245 g/mol. The Labute approximate surface area is 108 Å². The Kier molecular flexibility index (Phi) is 2.49. The predicted molar refractivity (Wildman–Crippen MR) is 68.7 cm³/mol. The van der Waals surface area contributed by atoms with Gasteiger partial charge in [-0.15, -0.1) is 0 Å². The fourth-order valence-electron chi connectivity index (χ4n) is 3.21. The lowest BCUT2D eigenvalue weighted by atomic mass is 9.84. The van der Waals surface area contributed by atoms with E-state index in [1.54, 1.807) is 0 Å². The van der Waals surface area contributed by atoms with Crippen LogP contribution in [-0.2, 0) is 9.53 Å². The second-order valence-corrected chi connectivity index (χ2v) is 5.72. The van der Waals surface area contributed by atoms with Crippen LogP contribution in [0.2, 0.25) is 0 Å². The molecule has 4 unspecified atom stereocenters. The highest BCUT2D eigenvalue weighted by atomic mass is 16.5. The van der Waals surface area contributed by atoms with Crippen LogP contribution in [0.1, 0.15) is 32.6 Å². The molecule has 96 valence electrons. The maximum absolute atomic E-state index is 12.4. The summed E-state index contributed by atoms with van der Waals surface area (Å²) in [5, 5.41) is 0. The number of fused-ring (bicyclic) bond motifs is 1. The number of benzene rings is 1. The zero-order chi connectivity index (χ0) is 12.9. The average Bonchev–Trinajstić information content (AvgIpc) is 2.82. The molecular formula is C15H19NO2. The molecule has 3 rings (SSSR count). The number of hydrogen-bond acceptors (Lipinski definition) is 2. The van der Waals surface area contributed by atoms with E-state index < -0.39 is 0 Å². The van der Waals surface area contributed by atoms with E-state index in [0.29, 0.717) is 12.5 Å². The first-order valence-corrected chi connectivity index (χ1v) is 6.55. The van der Waals surface area contributed by atoms with Crippen LogP contribution in [-0.4, -0.2) is 23.0 Å². The number of rotatable bonds is 1. The molecule has 1 aromatic carbocycles. The van der Waals surface area contributed by atoms with Crippen LogP contribution in [0.3, 0.4) is 0 Å². The first kappa shape index (κ1) is 11.7. The van der Waals surface area contributed by atoms with Gasteiger partial charge < -0.3 is 9.64 Å². The number of carbonyl (C=O) groups excluding carboxylic acids is 1. The molecular weight excluding hydrogens is 226 g/mol. The van der Waals surface area contributed by atoms with Gasteiger partial charge in [0, 0.05) is 11.5 Å². The number of hydrogen-bond donors (Lipinski definition) is 0. The molecule has 0 bridgehead atoms. The van der Waals surface area contributed by atoms with E-state index >= 15 is 0 Å². The second kappa shape index (κ2) is 3.82. The fraction of sp³-hybridized carbons (Fsp3) is 0.533. The van der Waals surface area contributed by atoms with Gasteiger partial charge >= 0.3 is 0 Å². The third kappa shape index (κ3) is 1.37. The van der Waals surface area contributed by atoms with Gasteiger partial charge in [0.15, 0.2) is 6.23 Å². The normalized spacial score (nSPS) is 39.2. The summed E-state index contributed by atoms with van der Waals surface area (Å²) in [6.45, 7) is 6.95. The van der Waals surface area contributed by atoms with E-state index in [1.807, 2.05) is 42.2 Å². The molecule has 18 heavy (non-hydrogen) atoms. The Hall–Kier alpha value is -1.35. The van der Waals surface area contributed by atoms with Crippen molar-refractivity contribution in [3.05, 3.63) is 35.9 Å². The van der Waals surface area contributed by atoms with E-state index in [1.165, 1.54) is 0 Å². The lowest BCUT2D eigenvalue weighted by Gasteiger charge is -2.31. The Morgan fingerprint density at radius 2 is 1.94 bits per heavy atom. The number of ether oxygens (including phenoxy) is 1. The Morgan fingerprint density at radius 3 is 2.61 bits per heavy atom. The van der Waals surface area contributed by atoms with Gasteiger partial charge in [-0.2, -0.15) is 0 Å². The molecule has 2 aliphatic rings. The summed E-state index contributed by atoms with van der Waals surface area (Å²) in [6.07, 6.45) is -0.212. The third-order valence-electron chi connectivity index (χ3n) is 4.76. The molecule has 2 heterocycles. The zero-order valence-corrected chi connectivity index (χ0v) is 11.1. The number of amides is 1. The summed E-state index contributed by atoms with van der Waals surface area (Å²) in [6, 6.07) is 10.0. The lowest BCUT2D eigenvalue weighted by molar-refractivity contribution is -0.138. The summed E-state index contributed by atoms with van der Waals surface area (Å²) in [5.74, 6) is 0.639. The summed E-state index contributed by atoms with van der Waals surface area (Å²) in [7, 11) is 0. The van der Waals surface area contributed by atoms with Crippen LogP contribution < -0.4 is 0 Å². The van der Waals surface area contributed by atoms with Gasteiger partial charge in [0.1, 0.15) is 0 Å². The molecule has 2 fully saturated rings. The van der Waals surface area contributed by atoms with E-state index in [9.17, 15) is 4.79 Å². The maximum atomic E-state index is 12.4. The Bertz CT molecular complexity index is 473. The smallest absolute Gasteiger partial charge is 0.228 e. The Balaban J connectivity index is 2.00. The van der Waals surface area contributed by atoms with Crippen molar-refractivity contribution >= 4 is 5.91 Å². The summed E-state index contributed by atoms with van der Waals surface area (Å²) >= 11 is 0. The second-order valence-electron chi connectivity index (χ2n) is 5.72. The van der Waals surface area contributed by atoms with Crippen LogP contribution in [0.15, 0.2) is 30.3 Å². The minimum atomic E-state index is -0.212. The van der Waals surface area contributed by atoms with Crippen LogP contribution in [0.25, 0.3) is 0 Å². The molecule has 0 radical (unpaired) electrons. The van der Waals surface area contributed by atoms with Gasteiger partial charge in [-0.05, 0) is 12.8 Å². The van der Waals surface area contributed by atoms with Crippen LogP contribution >= 0.6 is 0 Å². The lowest BCUT2D eigenvalue weighted by Crippen LogP contribution is -2.43. The molecule has 0 spiro atoms. The molecule has 0 aromatic heterocycles. The van der Waals surface area contributed by atoms with Crippen molar-refractivity contribution in [2.24, 2.45) is 11.8 Å². The summed E-state index contributed by atoms with van der Waals surface area (Å²) in [4.78, 5) is 14.4. The topological polar surface area (TPSA) is 29.5 Å². The van der Waals surface area contributed by atoms with Crippen LogP contribution in [0, 0.1) is 11.8 Å². The van der Waals surface area contributed by atoms with E-state index in [2.05, 4.69) is 13.8 Å².